The van der Waals surface area contributed by atoms with E-state index in [-0.39, 0.29) is 5.91 Å². The van der Waals surface area contributed by atoms with Crippen LogP contribution < -0.4 is 10.1 Å². The lowest BCUT2D eigenvalue weighted by atomic mass is 10.2. The van der Waals surface area contributed by atoms with Crippen LogP contribution in [0.2, 0.25) is 0 Å². The highest BCUT2D eigenvalue weighted by molar-refractivity contribution is 9.10. The maximum atomic E-state index is 12.3. The van der Waals surface area contributed by atoms with Gasteiger partial charge in [-0.1, -0.05) is 27.3 Å². The Kier molecular flexibility index (Phi) is 4.73. The fourth-order valence-corrected chi connectivity index (χ4v) is 2.71. The SMILES string of the molecule is Cc1cc(NC(=O)c2ccc(Oc3nccs3)cc2)ccc1Br. The molecule has 116 valence electrons. The summed E-state index contributed by atoms with van der Waals surface area (Å²) < 4.78 is 6.58. The fourth-order valence-electron chi connectivity index (χ4n) is 1.96. The highest BCUT2D eigenvalue weighted by Gasteiger charge is 2.08. The van der Waals surface area contributed by atoms with Crippen LogP contribution in [0.5, 0.6) is 10.9 Å². The third-order valence-electron chi connectivity index (χ3n) is 3.15. The fraction of sp³-hybridized carbons (Fsp3) is 0.0588. The minimum Gasteiger partial charge on any atom is -0.431 e. The lowest BCUT2D eigenvalue weighted by Gasteiger charge is -2.08. The Morgan fingerprint density at radius 1 is 1.22 bits per heavy atom. The highest BCUT2D eigenvalue weighted by atomic mass is 79.9. The van der Waals surface area contributed by atoms with Crippen molar-refractivity contribution in [1.29, 1.82) is 0 Å². The molecule has 1 heterocycles. The number of aromatic nitrogens is 1. The zero-order chi connectivity index (χ0) is 16.2. The highest BCUT2D eigenvalue weighted by Crippen LogP contribution is 2.24. The van der Waals surface area contributed by atoms with Gasteiger partial charge >= 0.3 is 0 Å². The second kappa shape index (κ2) is 6.93. The van der Waals surface area contributed by atoms with Gasteiger partial charge < -0.3 is 10.1 Å². The number of rotatable bonds is 4. The van der Waals surface area contributed by atoms with Crippen molar-refractivity contribution in [3.63, 3.8) is 0 Å². The Balaban J connectivity index is 1.68. The number of benzene rings is 2. The monoisotopic (exact) mass is 388 g/mol. The normalized spacial score (nSPS) is 10.3. The second-order valence-corrected chi connectivity index (χ2v) is 6.55. The second-order valence-electron chi connectivity index (χ2n) is 4.84. The Bertz CT molecular complexity index is 817. The number of hydrogen-bond acceptors (Lipinski definition) is 4. The van der Waals surface area contributed by atoms with Gasteiger partial charge in [0.2, 0.25) is 0 Å². The van der Waals surface area contributed by atoms with E-state index in [1.807, 2.05) is 30.5 Å². The summed E-state index contributed by atoms with van der Waals surface area (Å²) in [4.78, 5) is 16.3. The van der Waals surface area contributed by atoms with Gasteiger partial charge in [0.15, 0.2) is 0 Å². The molecule has 0 spiro atoms. The molecule has 6 heteroatoms. The van der Waals surface area contributed by atoms with Crippen molar-refractivity contribution in [2.45, 2.75) is 6.92 Å². The van der Waals surface area contributed by atoms with E-state index in [0.29, 0.717) is 16.5 Å². The van der Waals surface area contributed by atoms with Crippen molar-refractivity contribution in [1.82, 2.24) is 4.98 Å². The minimum absolute atomic E-state index is 0.160. The van der Waals surface area contributed by atoms with Crippen molar-refractivity contribution >= 4 is 38.9 Å². The van der Waals surface area contributed by atoms with Gasteiger partial charge in [-0.3, -0.25) is 4.79 Å². The van der Waals surface area contributed by atoms with Gasteiger partial charge in [-0.25, -0.2) is 4.98 Å². The van der Waals surface area contributed by atoms with Crippen molar-refractivity contribution in [2.75, 3.05) is 5.32 Å². The molecular weight excluding hydrogens is 376 g/mol. The first-order valence-corrected chi connectivity index (χ1v) is 8.54. The number of anilines is 1. The molecule has 0 aliphatic heterocycles. The van der Waals surface area contributed by atoms with Gasteiger partial charge in [0.05, 0.1) is 0 Å². The zero-order valence-electron chi connectivity index (χ0n) is 12.2. The van der Waals surface area contributed by atoms with Crippen molar-refractivity contribution in [2.24, 2.45) is 0 Å². The maximum absolute atomic E-state index is 12.3. The largest absolute Gasteiger partial charge is 0.431 e. The molecule has 0 saturated carbocycles. The first kappa shape index (κ1) is 15.7. The molecule has 0 bridgehead atoms. The molecule has 0 aliphatic carbocycles. The molecule has 0 radical (unpaired) electrons. The number of ether oxygens (including phenoxy) is 1. The van der Waals surface area contributed by atoms with Gasteiger partial charge in [0.25, 0.3) is 11.1 Å². The van der Waals surface area contributed by atoms with Gasteiger partial charge in [0, 0.05) is 27.3 Å². The summed E-state index contributed by atoms with van der Waals surface area (Å²) in [5.74, 6) is 0.489. The van der Waals surface area contributed by atoms with Crippen LogP contribution in [0.15, 0.2) is 58.5 Å². The van der Waals surface area contributed by atoms with E-state index in [1.165, 1.54) is 11.3 Å². The Hall–Kier alpha value is -2.18. The van der Waals surface area contributed by atoms with E-state index in [4.69, 9.17) is 4.74 Å². The molecule has 4 nitrogen and oxygen atoms in total. The third kappa shape index (κ3) is 3.97. The van der Waals surface area contributed by atoms with Crippen LogP contribution in [-0.2, 0) is 0 Å². The Labute approximate surface area is 146 Å². The number of nitrogens with zero attached hydrogens (tertiary/aromatic N) is 1. The number of hydrogen-bond donors (Lipinski definition) is 1. The predicted octanol–water partition coefficient (Wildman–Crippen LogP) is 5.26. The standard InChI is InChI=1S/C17H13BrN2O2S/c1-11-10-13(4-7-15(11)18)20-16(21)12-2-5-14(6-3-12)22-17-19-8-9-23-17/h2-10H,1H3,(H,20,21). The van der Waals surface area contributed by atoms with E-state index >= 15 is 0 Å². The Morgan fingerprint density at radius 3 is 2.65 bits per heavy atom. The summed E-state index contributed by atoms with van der Waals surface area (Å²) in [6, 6.07) is 12.6. The van der Waals surface area contributed by atoms with Crippen LogP contribution in [0.3, 0.4) is 0 Å². The molecule has 0 unspecified atom stereocenters. The summed E-state index contributed by atoms with van der Waals surface area (Å²) >= 11 is 4.86. The van der Waals surface area contributed by atoms with Crippen molar-refractivity contribution < 1.29 is 9.53 Å². The van der Waals surface area contributed by atoms with Gasteiger partial charge in [-0.05, 0) is 55.0 Å². The van der Waals surface area contributed by atoms with E-state index < -0.39 is 0 Å². The van der Waals surface area contributed by atoms with E-state index in [1.54, 1.807) is 30.5 Å². The Morgan fingerprint density at radius 2 is 2.00 bits per heavy atom. The zero-order valence-corrected chi connectivity index (χ0v) is 14.6. The first-order valence-electron chi connectivity index (χ1n) is 6.87. The van der Waals surface area contributed by atoms with Crippen LogP contribution in [-0.4, -0.2) is 10.9 Å². The molecule has 0 fully saturated rings. The van der Waals surface area contributed by atoms with Crippen molar-refractivity contribution in [3.05, 3.63) is 69.6 Å². The van der Waals surface area contributed by atoms with Crippen LogP contribution in [0.4, 0.5) is 5.69 Å². The topological polar surface area (TPSA) is 51.2 Å². The predicted molar refractivity (Wildman–Crippen MR) is 95.5 cm³/mol. The van der Waals surface area contributed by atoms with Crippen LogP contribution in [0.1, 0.15) is 15.9 Å². The molecule has 3 rings (SSSR count). The summed E-state index contributed by atoms with van der Waals surface area (Å²) in [6.45, 7) is 1.98. The lowest BCUT2D eigenvalue weighted by Crippen LogP contribution is -2.11. The van der Waals surface area contributed by atoms with E-state index in [0.717, 1.165) is 15.7 Å². The van der Waals surface area contributed by atoms with Gasteiger partial charge in [-0.15, -0.1) is 0 Å². The summed E-state index contributed by atoms with van der Waals surface area (Å²) in [6.07, 6.45) is 1.68. The number of carbonyl (C=O) groups excluding carboxylic acids is 1. The molecule has 0 saturated heterocycles. The molecule has 1 N–H and O–H groups in total. The molecule has 1 amide bonds. The quantitative estimate of drug-likeness (QED) is 0.662. The third-order valence-corrected chi connectivity index (χ3v) is 4.69. The van der Waals surface area contributed by atoms with Gasteiger partial charge in [0.1, 0.15) is 5.75 Å². The molecule has 2 aromatic carbocycles. The number of halogens is 1. The number of thiazole rings is 1. The number of nitrogens with one attached hydrogen (secondary N) is 1. The van der Waals surface area contributed by atoms with Crippen molar-refractivity contribution in [3.8, 4) is 10.9 Å². The number of aryl methyl sites for hydroxylation is 1. The van der Waals surface area contributed by atoms with E-state index in [9.17, 15) is 4.79 Å². The van der Waals surface area contributed by atoms with Gasteiger partial charge in [-0.2, -0.15) is 0 Å². The average molecular weight is 389 g/mol. The average Bonchev–Trinajstić information content (AvgIpc) is 3.04. The first-order chi connectivity index (χ1) is 11.1. The summed E-state index contributed by atoms with van der Waals surface area (Å²) in [5.41, 5.74) is 2.39. The molecular formula is C17H13BrN2O2S. The number of amides is 1. The molecule has 3 aromatic rings. The van der Waals surface area contributed by atoms with E-state index in [2.05, 4.69) is 26.2 Å². The summed E-state index contributed by atoms with van der Waals surface area (Å²) in [5, 5.41) is 5.30. The smallest absolute Gasteiger partial charge is 0.278 e. The molecule has 0 aliphatic rings. The van der Waals surface area contributed by atoms with Crippen LogP contribution in [0, 0.1) is 6.92 Å². The molecule has 23 heavy (non-hydrogen) atoms. The maximum Gasteiger partial charge on any atom is 0.278 e. The number of carbonyl (C=O) groups is 1. The summed E-state index contributed by atoms with van der Waals surface area (Å²) in [7, 11) is 0. The molecule has 0 atom stereocenters. The van der Waals surface area contributed by atoms with Crippen LogP contribution in [0.25, 0.3) is 0 Å². The lowest BCUT2D eigenvalue weighted by molar-refractivity contribution is 0.102. The minimum atomic E-state index is -0.160. The molecule has 1 aromatic heterocycles. The van der Waals surface area contributed by atoms with Crippen LogP contribution >= 0.6 is 27.3 Å².